The molecule has 0 aliphatic rings. The molecule has 0 radical (unpaired) electrons. The van der Waals surface area contributed by atoms with Crippen molar-refractivity contribution in [3.05, 3.63) is 29.7 Å². The molecule has 2 heterocycles. The minimum atomic E-state index is -0.905. The van der Waals surface area contributed by atoms with Crippen molar-refractivity contribution < 1.29 is 14.6 Å². The van der Waals surface area contributed by atoms with E-state index in [0.29, 0.717) is 16.9 Å². The number of nitrogens with zero attached hydrogens (tertiary/aromatic N) is 3. The number of carboxylic acid groups (broad SMARTS) is 1. The van der Waals surface area contributed by atoms with Gasteiger partial charge in [-0.25, -0.2) is 9.50 Å². The molecule has 0 saturated heterocycles. The molecule has 0 amide bonds. The zero-order chi connectivity index (χ0) is 11.5. The lowest BCUT2D eigenvalue weighted by Gasteiger charge is -1.97. The van der Waals surface area contributed by atoms with Crippen LogP contribution in [0.1, 0.15) is 11.3 Å². The first-order chi connectivity index (χ1) is 7.72. The Bertz CT molecular complexity index is 521. The normalized spacial score (nSPS) is 10.8. The van der Waals surface area contributed by atoms with Crippen molar-refractivity contribution in [2.45, 2.75) is 13.0 Å². The fourth-order valence-corrected chi connectivity index (χ4v) is 1.56. The molecule has 0 fully saturated rings. The van der Waals surface area contributed by atoms with Gasteiger partial charge >= 0.3 is 5.97 Å². The number of carbonyl (C=O) groups is 1. The lowest BCUT2D eigenvalue weighted by molar-refractivity contribution is -0.136. The van der Waals surface area contributed by atoms with Crippen LogP contribution in [-0.4, -0.2) is 32.8 Å². The molecule has 0 unspecified atom stereocenters. The molecule has 1 N–H and O–H groups in total. The van der Waals surface area contributed by atoms with Gasteiger partial charge < -0.3 is 9.84 Å². The summed E-state index contributed by atoms with van der Waals surface area (Å²) in [7, 11) is 1.54. The largest absolute Gasteiger partial charge is 0.481 e. The highest BCUT2D eigenvalue weighted by molar-refractivity contribution is 5.73. The highest BCUT2D eigenvalue weighted by Gasteiger charge is 2.15. The summed E-state index contributed by atoms with van der Waals surface area (Å²) in [5, 5.41) is 13.1. The summed E-state index contributed by atoms with van der Waals surface area (Å²) < 4.78 is 6.55. The third kappa shape index (κ3) is 1.87. The first kappa shape index (κ1) is 10.6. The first-order valence-corrected chi connectivity index (χ1v) is 4.74. The van der Waals surface area contributed by atoms with E-state index in [4.69, 9.17) is 9.84 Å². The molecule has 2 aromatic rings. The number of hydrogen-bond acceptors (Lipinski definition) is 4. The van der Waals surface area contributed by atoms with Crippen molar-refractivity contribution in [3.8, 4) is 0 Å². The second-order valence-electron chi connectivity index (χ2n) is 3.32. The maximum Gasteiger partial charge on any atom is 0.308 e. The Morgan fingerprint density at radius 1 is 1.62 bits per heavy atom. The average molecular weight is 221 g/mol. The third-order valence-electron chi connectivity index (χ3n) is 2.18. The highest BCUT2D eigenvalue weighted by Crippen LogP contribution is 2.15. The van der Waals surface area contributed by atoms with E-state index < -0.39 is 5.97 Å². The van der Waals surface area contributed by atoms with Gasteiger partial charge in [-0.15, -0.1) is 0 Å². The summed E-state index contributed by atoms with van der Waals surface area (Å²) in [6.07, 6.45) is 3.24. The topological polar surface area (TPSA) is 76.7 Å². The number of fused-ring (bicyclic) bond motifs is 1. The summed E-state index contributed by atoms with van der Waals surface area (Å²) in [5.41, 5.74) is 1.79. The van der Waals surface area contributed by atoms with E-state index in [1.807, 2.05) is 0 Å². The van der Waals surface area contributed by atoms with Crippen LogP contribution in [0.3, 0.4) is 0 Å². The van der Waals surface area contributed by atoms with Gasteiger partial charge in [0.05, 0.1) is 18.7 Å². The van der Waals surface area contributed by atoms with Gasteiger partial charge in [-0.05, 0) is 6.07 Å². The van der Waals surface area contributed by atoms with Crippen molar-refractivity contribution in [2.75, 3.05) is 7.11 Å². The average Bonchev–Trinajstić information content (AvgIpc) is 2.57. The van der Waals surface area contributed by atoms with Gasteiger partial charge in [0.2, 0.25) is 0 Å². The molecule has 0 spiro atoms. The van der Waals surface area contributed by atoms with E-state index in [0.717, 1.165) is 0 Å². The van der Waals surface area contributed by atoms with Crippen LogP contribution >= 0.6 is 0 Å². The lowest BCUT2D eigenvalue weighted by atomic mass is 10.2. The molecule has 0 aliphatic heterocycles. The van der Waals surface area contributed by atoms with Gasteiger partial charge in [-0.2, -0.15) is 5.10 Å². The summed E-state index contributed by atoms with van der Waals surface area (Å²) >= 11 is 0. The van der Waals surface area contributed by atoms with E-state index in [1.165, 1.54) is 0 Å². The van der Waals surface area contributed by atoms with Crippen LogP contribution in [0, 0.1) is 0 Å². The molecule has 2 rings (SSSR count). The van der Waals surface area contributed by atoms with Crippen LogP contribution in [0.2, 0.25) is 0 Å². The second-order valence-corrected chi connectivity index (χ2v) is 3.32. The maximum atomic E-state index is 10.8. The van der Waals surface area contributed by atoms with E-state index >= 15 is 0 Å². The number of ether oxygens (including phenoxy) is 1. The van der Waals surface area contributed by atoms with Crippen LogP contribution in [0.25, 0.3) is 5.65 Å². The molecule has 2 aromatic heterocycles. The predicted molar refractivity (Wildman–Crippen MR) is 55.0 cm³/mol. The molecular weight excluding hydrogens is 210 g/mol. The van der Waals surface area contributed by atoms with Crippen LogP contribution in [0.5, 0.6) is 0 Å². The quantitative estimate of drug-likeness (QED) is 0.813. The molecule has 6 nitrogen and oxygen atoms in total. The van der Waals surface area contributed by atoms with Crippen LogP contribution in [0.15, 0.2) is 18.5 Å². The van der Waals surface area contributed by atoms with Gasteiger partial charge in [0.1, 0.15) is 0 Å². The van der Waals surface area contributed by atoms with Crippen molar-refractivity contribution >= 4 is 11.6 Å². The van der Waals surface area contributed by atoms with E-state index in [2.05, 4.69) is 10.1 Å². The number of aromatic nitrogens is 3. The lowest BCUT2D eigenvalue weighted by Crippen LogP contribution is -2.03. The number of aliphatic carboxylic acids is 1. The fourth-order valence-electron chi connectivity index (χ4n) is 1.56. The Kier molecular flexibility index (Phi) is 2.82. The van der Waals surface area contributed by atoms with Gasteiger partial charge in [-0.1, -0.05) is 0 Å². The molecule has 0 atom stereocenters. The van der Waals surface area contributed by atoms with E-state index in [9.17, 15) is 4.79 Å². The first-order valence-electron chi connectivity index (χ1n) is 4.74. The summed E-state index contributed by atoms with van der Waals surface area (Å²) in [6, 6.07) is 1.74. The monoisotopic (exact) mass is 221 g/mol. The fraction of sp³-hybridized carbons (Fsp3) is 0.300. The van der Waals surface area contributed by atoms with Gasteiger partial charge in [0.25, 0.3) is 0 Å². The van der Waals surface area contributed by atoms with Gasteiger partial charge in [0, 0.05) is 25.1 Å². The summed E-state index contributed by atoms with van der Waals surface area (Å²) in [5.74, 6) is -0.905. The minimum Gasteiger partial charge on any atom is -0.481 e. The second kappa shape index (κ2) is 4.28. The van der Waals surface area contributed by atoms with Gasteiger partial charge in [-0.3, -0.25) is 4.79 Å². The maximum absolute atomic E-state index is 10.8. The van der Waals surface area contributed by atoms with Crippen LogP contribution in [-0.2, 0) is 22.6 Å². The molecule has 84 valence electrons. The summed E-state index contributed by atoms with van der Waals surface area (Å²) in [4.78, 5) is 14.9. The summed E-state index contributed by atoms with van der Waals surface area (Å²) in [6.45, 7) is 0.284. The molecule has 0 aliphatic carbocycles. The predicted octanol–water partition coefficient (Wildman–Crippen LogP) is 0.503. The van der Waals surface area contributed by atoms with Crippen LogP contribution in [0.4, 0.5) is 0 Å². The molecular formula is C10H11N3O3. The molecule has 0 aromatic carbocycles. The Morgan fingerprint density at radius 2 is 2.44 bits per heavy atom. The third-order valence-corrected chi connectivity index (χ3v) is 2.18. The van der Waals surface area contributed by atoms with Crippen molar-refractivity contribution in [3.63, 3.8) is 0 Å². The Labute approximate surface area is 91.5 Å². The standard InChI is InChI=1S/C10H11N3O3/c1-16-6-8-7(5-9(14)15)10-11-3-2-4-13(10)12-8/h2-4H,5-6H2,1H3,(H,14,15). The minimum absolute atomic E-state index is 0.0980. The SMILES string of the molecule is COCc1nn2cccnc2c1CC(=O)O. The Morgan fingerprint density at radius 3 is 3.12 bits per heavy atom. The van der Waals surface area contributed by atoms with Crippen LogP contribution < -0.4 is 0 Å². The molecule has 16 heavy (non-hydrogen) atoms. The van der Waals surface area contributed by atoms with Crippen molar-refractivity contribution in [1.29, 1.82) is 0 Å². The number of rotatable bonds is 4. The Hall–Kier alpha value is -1.95. The number of hydrogen-bond donors (Lipinski definition) is 1. The van der Waals surface area contributed by atoms with Crippen molar-refractivity contribution in [2.24, 2.45) is 0 Å². The molecule has 0 bridgehead atoms. The zero-order valence-electron chi connectivity index (χ0n) is 8.75. The highest BCUT2D eigenvalue weighted by atomic mass is 16.5. The van der Waals surface area contributed by atoms with E-state index in [1.54, 1.807) is 30.1 Å². The van der Waals surface area contributed by atoms with Crippen molar-refractivity contribution in [1.82, 2.24) is 14.6 Å². The number of carboxylic acids is 1. The molecule has 6 heteroatoms. The van der Waals surface area contributed by atoms with E-state index in [-0.39, 0.29) is 13.0 Å². The Balaban J connectivity index is 2.54. The number of methoxy groups -OCH3 is 1. The van der Waals surface area contributed by atoms with Gasteiger partial charge in [0.15, 0.2) is 5.65 Å². The smallest absolute Gasteiger partial charge is 0.308 e. The zero-order valence-corrected chi connectivity index (χ0v) is 8.75. The molecule has 0 saturated carbocycles.